The molecule has 6 nitrogen and oxygen atoms in total. The van der Waals surface area contributed by atoms with Crippen LogP contribution in [0.3, 0.4) is 0 Å². The van der Waals surface area contributed by atoms with E-state index >= 15 is 0 Å². The van der Waals surface area contributed by atoms with Crippen LogP contribution >= 0.6 is 0 Å². The van der Waals surface area contributed by atoms with Crippen LogP contribution in [0.5, 0.6) is 11.5 Å². The number of hydrogen-bond donors (Lipinski definition) is 0. The fourth-order valence-corrected chi connectivity index (χ4v) is 2.87. The summed E-state index contributed by atoms with van der Waals surface area (Å²) in [7, 11) is 3.24. The minimum atomic E-state index is 0.563. The van der Waals surface area contributed by atoms with Crippen LogP contribution in [0.15, 0.2) is 48.7 Å². The Morgan fingerprint density at radius 2 is 1.71 bits per heavy atom. The molecule has 0 bridgehead atoms. The van der Waals surface area contributed by atoms with Crippen molar-refractivity contribution in [2.24, 2.45) is 0 Å². The lowest BCUT2D eigenvalue weighted by atomic mass is 9.98. The number of pyridine rings is 1. The Kier molecular flexibility index (Phi) is 3.42. The van der Waals surface area contributed by atoms with E-state index in [1.54, 1.807) is 20.4 Å². The molecule has 6 heteroatoms. The first-order valence-corrected chi connectivity index (χ1v) is 7.41. The number of nitrogens with zero attached hydrogens (tertiary/aromatic N) is 4. The molecule has 4 aromatic rings. The summed E-state index contributed by atoms with van der Waals surface area (Å²) in [6.45, 7) is 0. The minimum Gasteiger partial charge on any atom is -0.493 e. The van der Waals surface area contributed by atoms with Gasteiger partial charge in [-0.3, -0.25) is 0 Å². The van der Waals surface area contributed by atoms with Crippen LogP contribution in [-0.2, 0) is 0 Å². The summed E-state index contributed by atoms with van der Waals surface area (Å²) in [4.78, 5) is 4.57. The molecule has 0 amide bonds. The number of aromatic nitrogens is 4. The van der Waals surface area contributed by atoms with E-state index in [9.17, 15) is 0 Å². The van der Waals surface area contributed by atoms with Crippen LogP contribution < -0.4 is 9.47 Å². The lowest BCUT2D eigenvalue weighted by molar-refractivity contribution is 0.355. The Bertz CT molecular complexity index is 995. The molecule has 24 heavy (non-hydrogen) atoms. The number of para-hydroxylation sites is 1. The molecule has 2 aromatic heterocycles. The fourth-order valence-electron chi connectivity index (χ4n) is 2.87. The highest BCUT2D eigenvalue weighted by Crippen LogP contribution is 2.38. The van der Waals surface area contributed by atoms with E-state index in [2.05, 4.69) is 20.4 Å². The topological polar surface area (TPSA) is 70.0 Å². The molecule has 0 fully saturated rings. The summed E-state index contributed by atoms with van der Waals surface area (Å²) >= 11 is 0. The highest BCUT2D eigenvalue weighted by atomic mass is 16.5. The van der Waals surface area contributed by atoms with Crippen molar-refractivity contribution in [3.05, 3.63) is 48.7 Å². The quantitative estimate of drug-likeness (QED) is 0.540. The maximum atomic E-state index is 5.44. The third-order valence-electron chi connectivity index (χ3n) is 3.96. The zero-order valence-corrected chi connectivity index (χ0v) is 13.2. The van der Waals surface area contributed by atoms with Crippen molar-refractivity contribution in [2.75, 3.05) is 14.2 Å². The van der Waals surface area contributed by atoms with E-state index in [1.807, 2.05) is 42.5 Å². The summed E-state index contributed by atoms with van der Waals surface area (Å²) in [6, 6.07) is 13.8. The molecule has 0 saturated carbocycles. The number of hydrogen-bond acceptors (Lipinski definition) is 6. The van der Waals surface area contributed by atoms with E-state index in [1.165, 1.54) is 0 Å². The largest absolute Gasteiger partial charge is 0.493 e. The summed E-state index contributed by atoms with van der Waals surface area (Å²) < 4.78 is 10.8. The first kappa shape index (κ1) is 14.3. The first-order chi connectivity index (χ1) is 11.8. The number of rotatable bonds is 3. The van der Waals surface area contributed by atoms with Gasteiger partial charge in [-0.25, -0.2) is 4.98 Å². The highest BCUT2D eigenvalue weighted by molar-refractivity contribution is 6.08. The predicted octanol–water partition coefficient (Wildman–Crippen LogP) is 3.26. The molecule has 4 rings (SSSR count). The molecule has 2 heterocycles. The van der Waals surface area contributed by atoms with E-state index in [0.717, 1.165) is 27.4 Å². The zero-order chi connectivity index (χ0) is 16.5. The monoisotopic (exact) mass is 318 g/mol. The van der Waals surface area contributed by atoms with Gasteiger partial charge in [0, 0.05) is 16.3 Å². The van der Waals surface area contributed by atoms with Crippen molar-refractivity contribution in [1.82, 2.24) is 20.4 Å². The Hall–Kier alpha value is -3.28. The molecule has 2 aromatic carbocycles. The van der Waals surface area contributed by atoms with Gasteiger partial charge in [-0.05, 0) is 29.0 Å². The molecule has 0 aliphatic heterocycles. The molecule has 118 valence electrons. The molecule has 0 saturated heterocycles. The van der Waals surface area contributed by atoms with Gasteiger partial charge in [-0.15, -0.1) is 10.2 Å². The second kappa shape index (κ2) is 5.73. The summed E-state index contributed by atoms with van der Waals surface area (Å²) in [5.74, 6) is 1.35. The van der Waals surface area contributed by atoms with Crippen LogP contribution in [0.25, 0.3) is 33.1 Å². The van der Waals surface area contributed by atoms with Gasteiger partial charge in [0.15, 0.2) is 17.1 Å². The van der Waals surface area contributed by atoms with Crippen molar-refractivity contribution in [3.63, 3.8) is 0 Å². The van der Waals surface area contributed by atoms with Gasteiger partial charge in [-0.2, -0.15) is 0 Å². The van der Waals surface area contributed by atoms with Gasteiger partial charge in [0.1, 0.15) is 0 Å². The van der Waals surface area contributed by atoms with Crippen LogP contribution in [0.2, 0.25) is 0 Å². The van der Waals surface area contributed by atoms with E-state index in [-0.39, 0.29) is 0 Å². The molecule has 0 unspecified atom stereocenters. The van der Waals surface area contributed by atoms with Crippen LogP contribution in [0.4, 0.5) is 0 Å². The Morgan fingerprint density at radius 1 is 0.875 bits per heavy atom. The maximum Gasteiger partial charge on any atom is 0.186 e. The van der Waals surface area contributed by atoms with Gasteiger partial charge in [-0.1, -0.05) is 24.3 Å². The van der Waals surface area contributed by atoms with Crippen molar-refractivity contribution in [2.45, 2.75) is 0 Å². The lowest BCUT2D eigenvalue weighted by Crippen LogP contribution is -1.96. The second-order valence-electron chi connectivity index (χ2n) is 5.25. The molecule has 0 aliphatic carbocycles. The van der Waals surface area contributed by atoms with Gasteiger partial charge >= 0.3 is 0 Å². The molecule has 0 spiro atoms. The number of ether oxygens (including phenoxy) is 2. The third kappa shape index (κ3) is 2.20. The maximum absolute atomic E-state index is 5.44. The average Bonchev–Trinajstić information content (AvgIpc) is 2.65. The smallest absolute Gasteiger partial charge is 0.186 e. The van der Waals surface area contributed by atoms with Gasteiger partial charge in [0.05, 0.1) is 25.9 Å². The summed E-state index contributed by atoms with van der Waals surface area (Å²) in [6.07, 6.45) is 1.69. The zero-order valence-electron chi connectivity index (χ0n) is 13.2. The van der Waals surface area contributed by atoms with Gasteiger partial charge in [0.2, 0.25) is 0 Å². The van der Waals surface area contributed by atoms with Gasteiger partial charge < -0.3 is 9.47 Å². The average molecular weight is 318 g/mol. The van der Waals surface area contributed by atoms with E-state index in [4.69, 9.17) is 9.47 Å². The fraction of sp³-hybridized carbons (Fsp3) is 0.111. The van der Waals surface area contributed by atoms with Crippen molar-refractivity contribution in [1.29, 1.82) is 0 Å². The SMILES string of the molecule is COc1ccc(-c2c3ccccc3nc3nnncc23)cc1OC. The van der Waals surface area contributed by atoms with Crippen LogP contribution in [0.1, 0.15) is 0 Å². The predicted molar refractivity (Wildman–Crippen MR) is 91.2 cm³/mol. The van der Waals surface area contributed by atoms with E-state index in [0.29, 0.717) is 17.1 Å². The molecule has 0 radical (unpaired) electrons. The molecule has 0 aliphatic rings. The standard InChI is InChI=1S/C18H14N4O2/c1-23-15-8-7-11(9-16(15)24-2)17-12-5-3-4-6-14(12)20-18-13(17)10-19-22-21-18/h3-10H,1-2H3. The number of fused-ring (bicyclic) bond motifs is 2. The van der Waals surface area contributed by atoms with Crippen LogP contribution in [0, 0.1) is 0 Å². The van der Waals surface area contributed by atoms with E-state index < -0.39 is 0 Å². The Labute approximate surface area is 138 Å². The summed E-state index contributed by atoms with van der Waals surface area (Å²) in [5.41, 5.74) is 3.40. The van der Waals surface area contributed by atoms with Crippen LogP contribution in [-0.4, -0.2) is 34.6 Å². The highest BCUT2D eigenvalue weighted by Gasteiger charge is 2.14. The second-order valence-corrected chi connectivity index (χ2v) is 5.25. The van der Waals surface area contributed by atoms with Crippen molar-refractivity contribution >= 4 is 21.9 Å². The molecular formula is C18H14N4O2. The number of benzene rings is 2. The number of methoxy groups -OCH3 is 2. The third-order valence-corrected chi connectivity index (χ3v) is 3.96. The van der Waals surface area contributed by atoms with Crippen molar-refractivity contribution in [3.8, 4) is 22.6 Å². The Balaban J connectivity index is 2.10. The van der Waals surface area contributed by atoms with Gasteiger partial charge in [0.25, 0.3) is 0 Å². The summed E-state index contributed by atoms with van der Waals surface area (Å²) in [5, 5.41) is 13.6. The van der Waals surface area contributed by atoms with Crippen molar-refractivity contribution < 1.29 is 9.47 Å². The molecule has 0 N–H and O–H groups in total. The lowest BCUT2D eigenvalue weighted by Gasteiger charge is -2.13. The molecular weight excluding hydrogens is 304 g/mol. The Morgan fingerprint density at radius 3 is 2.54 bits per heavy atom. The first-order valence-electron chi connectivity index (χ1n) is 7.41. The minimum absolute atomic E-state index is 0.563. The normalized spacial score (nSPS) is 10.9. The molecule has 0 atom stereocenters.